The van der Waals surface area contributed by atoms with Gasteiger partial charge in [0.25, 0.3) is 5.56 Å². The van der Waals surface area contributed by atoms with Crippen LogP contribution in [0.15, 0.2) is 27.6 Å². The smallest absolute Gasteiger partial charge is 0.291 e. The zero-order chi connectivity index (χ0) is 19.0. The Balaban J connectivity index is 1.69. The van der Waals surface area contributed by atoms with Crippen LogP contribution in [0.3, 0.4) is 0 Å². The van der Waals surface area contributed by atoms with Gasteiger partial charge in [-0.3, -0.25) is 14.0 Å². The summed E-state index contributed by atoms with van der Waals surface area (Å²) < 4.78 is 8.55. The van der Waals surface area contributed by atoms with Gasteiger partial charge in [0.2, 0.25) is 5.91 Å². The van der Waals surface area contributed by atoms with E-state index in [1.165, 1.54) is 17.5 Å². The molecule has 4 rings (SSSR count). The fourth-order valence-electron chi connectivity index (χ4n) is 4.20. The van der Waals surface area contributed by atoms with Crippen LogP contribution in [0, 0.1) is 6.92 Å². The molecule has 0 unspecified atom stereocenters. The second-order valence-corrected chi connectivity index (χ2v) is 7.45. The highest BCUT2D eigenvalue weighted by Gasteiger charge is 2.26. The molecule has 0 aromatic carbocycles. The van der Waals surface area contributed by atoms with Gasteiger partial charge in [-0.15, -0.1) is 0 Å². The van der Waals surface area contributed by atoms with Crippen molar-refractivity contribution in [3.63, 3.8) is 0 Å². The Morgan fingerprint density at radius 1 is 1.30 bits per heavy atom. The van der Waals surface area contributed by atoms with Crippen LogP contribution in [-0.4, -0.2) is 26.1 Å². The van der Waals surface area contributed by atoms with Gasteiger partial charge >= 0.3 is 0 Å². The Labute approximate surface area is 157 Å². The van der Waals surface area contributed by atoms with E-state index in [0.29, 0.717) is 23.3 Å². The minimum absolute atomic E-state index is 0.113. The first kappa shape index (κ1) is 17.8. The molecule has 1 aliphatic rings. The fourth-order valence-corrected chi connectivity index (χ4v) is 4.20. The number of amides is 1. The second kappa shape index (κ2) is 7.21. The van der Waals surface area contributed by atoms with Crippen LogP contribution in [-0.2, 0) is 4.79 Å². The number of hydrogen-bond donors (Lipinski definition) is 1. The molecule has 7 nitrogen and oxygen atoms in total. The molecule has 1 amide bonds. The number of aromatic nitrogens is 3. The number of carbonyl (C=O) groups is 1. The van der Waals surface area contributed by atoms with E-state index < -0.39 is 6.04 Å². The summed E-state index contributed by atoms with van der Waals surface area (Å²) in [5.41, 5.74) is 1.67. The molecule has 7 heteroatoms. The molecular weight excluding hydrogens is 344 g/mol. The third-order valence-electron chi connectivity index (χ3n) is 5.61. The average Bonchev–Trinajstić information content (AvgIpc) is 3.14. The van der Waals surface area contributed by atoms with E-state index in [1.807, 2.05) is 19.9 Å². The quantitative estimate of drug-likeness (QED) is 0.714. The van der Waals surface area contributed by atoms with Gasteiger partial charge in [-0.25, -0.2) is 4.68 Å². The number of hydrogen-bond acceptors (Lipinski definition) is 4. The molecule has 27 heavy (non-hydrogen) atoms. The van der Waals surface area contributed by atoms with E-state index in [-0.39, 0.29) is 17.5 Å². The van der Waals surface area contributed by atoms with Crippen molar-refractivity contribution >= 4 is 22.5 Å². The van der Waals surface area contributed by atoms with E-state index >= 15 is 0 Å². The lowest BCUT2D eigenvalue weighted by molar-refractivity contribution is -0.125. The number of furan rings is 1. The summed E-state index contributed by atoms with van der Waals surface area (Å²) in [4.78, 5) is 26.0. The van der Waals surface area contributed by atoms with Gasteiger partial charge in [-0.2, -0.15) is 5.10 Å². The van der Waals surface area contributed by atoms with Crippen molar-refractivity contribution in [2.75, 3.05) is 0 Å². The van der Waals surface area contributed by atoms with E-state index in [2.05, 4.69) is 10.4 Å². The largest absolute Gasteiger partial charge is 0.463 e. The molecule has 0 radical (unpaired) electrons. The fraction of sp³-hybridized carbons (Fsp3) is 0.550. The number of rotatable bonds is 4. The van der Waals surface area contributed by atoms with Crippen LogP contribution in [0.5, 0.6) is 0 Å². The normalized spacial score (nSPS) is 17.3. The van der Waals surface area contributed by atoms with E-state index in [9.17, 15) is 9.59 Å². The molecule has 3 heterocycles. The Bertz CT molecular complexity index is 1020. The van der Waals surface area contributed by atoms with Gasteiger partial charge < -0.3 is 9.73 Å². The van der Waals surface area contributed by atoms with Gasteiger partial charge in [-0.05, 0) is 26.2 Å². The summed E-state index contributed by atoms with van der Waals surface area (Å²) in [6.45, 7) is 3.75. The van der Waals surface area contributed by atoms with Crippen molar-refractivity contribution in [2.24, 2.45) is 0 Å². The molecule has 0 spiro atoms. The number of fused-ring (bicyclic) bond motifs is 3. The number of aryl methyl sites for hydroxylation is 1. The Hall–Kier alpha value is -2.57. The SMILES string of the molecule is CC[C@H](C(=O)NC1CCCCCC1)n1nc(C)n2c(cc3occc32)c1=O. The first-order chi connectivity index (χ1) is 13.1. The molecule has 3 aromatic rings. The topological polar surface area (TPSA) is 81.5 Å². The highest BCUT2D eigenvalue weighted by Crippen LogP contribution is 2.22. The molecule has 1 saturated carbocycles. The average molecular weight is 370 g/mol. The maximum Gasteiger partial charge on any atom is 0.291 e. The zero-order valence-corrected chi connectivity index (χ0v) is 15.9. The second-order valence-electron chi connectivity index (χ2n) is 7.45. The standard InChI is InChI=1S/C20H26N4O3/c1-3-15(19(25)21-14-8-6-4-5-7-9-14)24-20(26)17-12-18-16(10-11-27-18)23(17)13(2)22-24/h10-12,14-15H,3-9H2,1-2H3,(H,21,25)/t15-/m1/s1. The van der Waals surface area contributed by atoms with E-state index in [0.717, 1.165) is 31.2 Å². The van der Waals surface area contributed by atoms with Crippen LogP contribution < -0.4 is 10.9 Å². The minimum atomic E-state index is -0.606. The molecule has 144 valence electrons. The monoisotopic (exact) mass is 370 g/mol. The molecule has 0 aliphatic heterocycles. The molecule has 1 atom stereocenters. The van der Waals surface area contributed by atoms with Crippen molar-refractivity contribution in [3.05, 3.63) is 34.6 Å². The summed E-state index contributed by atoms with van der Waals surface area (Å²) in [6.07, 6.45) is 8.89. The van der Waals surface area contributed by atoms with Crippen LogP contribution in [0.4, 0.5) is 0 Å². The van der Waals surface area contributed by atoms with Crippen LogP contribution in [0.1, 0.15) is 63.7 Å². The lowest BCUT2D eigenvalue weighted by Crippen LogP contribution is -2.43. The van der Waals surface area contributed by atoms with Gasteiger partial charge in [0.1, 0.15) is 17.4 Å². The van der Waals surface area contributed by atoms with Crippen LogP contribution >= 0.6 is 0 Å². The van der Waals surface area contributed by atoms with Crippen molar-refractivity contribution < 1.29 is 9.21 Å². The van der Waals surface area contributed by atoms with Gasteiger partial charge in [0.05, 0.1) is 11.8 Å². The van der Waals surface area contributed by atoms with Crippen molar-refractivity contribution in [1.82, 2.24) is 19.5 Å². The Morgan fingerprint density at radius 3 is 2.74 bits per heavy atom. The van der Waals surface area contributed by atoms with E-state index in [1.54, 1.807) is 16.7 Å². The Kier molecular flexibility index (Phi) is 4.76. The Morgan fingerprint density at radius 2 is 2.04 bits per heavy atom. The minimum Gasteiger partial charge on any atom is -0.463 e. The van der Waals surface area contributed by atoms with Gasteiger partial charge in [0.15, 0.2) is 5.58 Å². The first-order valence-corrected chi connectivity index (χ1v) is 9.88. The van der Waals surface area contributed by atoms with Crippen LogP contribution in [0.2, 0.25) is 0 Å². The number of nitrogens with one attached hydrogen (secondary N) is 1. The first-order valence-electron chi connectivity index (χ1n) is 9.88. The third-order valence-corrected chi connectivity index (χ3v) is 5.61. The molecule has 0 bridgehead atoms. The predicted molar refractivity (Wildman–Crippen MR) is 103 cm³/mol. The maximum absolute atomic E-state index is 13.1. The van der Waals surface area contributed by atoms with Crippen molar-refractivity contribution in [3.8, 4) is 0 Å². The highest BCUT2D eigenvalue weighted by atomic mass is 16.3. The molecule has 1 aliphatic carbocycles. The molecule has 0 saturated heterocycles. The number of nitrogens with zero attached hydrogens (tertiary/aromatic N) is 3. The van der Waals surface area contributed by atoms with Gasteiger partial charge in [-0.1, -0.05) is 32.6 Å². The summed E-state index contributed by atoms with van der Waals surface area (Å²) in [6, 6.07) is 3.13. The molecule has 1 N–H and O–H groups in total. The summed E-state index contributed by atoms with van der Waals surface area (Å²) >= 11 is 0. The van der Waals surface area contributed by atoms with Crippen LogP contribution in [0.25, 0.3) is 16.6 Å². The maximum atomic E-state index is 13.1. The molecular formula is C20H26N4O3. The van der Waals surface area contributed by atoms with Crippen molar-refractivity contribution in [1.29, 1.82) is 0 Å². The summed E-state index contributed by atoms with van der Waals surface area (Å²) in [5.74, 6) is 0.541. The summed E-state index contributed by atoms with van der Waals surface area (Å²) in [7, 11) is 0. The predicted octanol–water partition coefficient (Wildman–Crippen LogP) is 3.34. The lowest BCUT2D eigenvalue weighted by atomic mass is 10.1. The van der Waals surface area contributed by atoms with Crippen molar-refractivity contribution in [2.45, 2.75) is 70.9 Å². The third kappa shape index (κ3) is 3.15. The lowest BCUT2D eigenvalue weighted by Gasteiger charge is -2.22. The van der Waals surface area contributed by atoms with E-state index in [4.69, 9.17) is 4.42 Å². The zero-order valence-electron chi connectivity index (χ0n) is 15.9. The summed E-state index contributed by atoms with van der Waals surface area (Å²) in [5, 5.41) is 7.63. The molecule has 3 aromatic heterocycles. The molecule has 1 fully saturated rings. The van der Waals surface area contributed by atoms with Gasteiger partial charge in [0, 0.05) is 18.2 Å². The highest BCUT2D eigenvalue weighted by molar-refractivity contribution is 5.83. The number of carbonyl (C=O) groups excluding carboxylic acids is 1.